The average molecular weight is 677 g/mol. The summed E-state index contributed by atoms with van der Waals surface area (Å²) in [5, 5.41) is 0. The van der Waals surface area contributed by atoms with Crippen molar-refractivity contribution >= 4 is 8.32 Å². The van der Waals surface area contributed by atoms with Crippen LogP contribution in [0.1, 0.15) is 0 Å². The van der Waals surface area contributed by atoms with Gasteiger partial charge in [-0.2, -0.15) is 0 Å². The standard InChI is InChI=1S/C30H64O14Si/c1-31-5-6-32-7-8-33-9-10-34-11-12-35-13-14-36-15-16-37-17-18-38-19-20-39-21-22-40-23-24-41-25-26-42-27-28-43-29-30-44-45(2,3)4/h5-30H2,1-4H3. The van der Waals surface area contributed by atoms with Crippen LogP contribution in [-0.2, 0) is 66.0 Å². The molecule has 0 rings (SSSR count). The molecular formula is C30H64O14Si. The van der Waals surface area contributed by atoms with Crippen molar-refractivity contribution in [2.24, 2.45) is 0 Å². The zero-order chi connectivity index (χ0) is 32.8. The molecule has 0 atom stereocenters. The second kappa shape index (κ2) is 38.1. The lowest BCUT2D eigenvalue weighted by molar-refractivity contribution is -0.0289. The van der Waals surface area contributed by atoms with Crippen molar-refractivity contribution in [2.75, 3.05) is 179 Å². The van der Waals surface area contributed by atoms with E-state index in [-0.39, 0.29) is 0 Å². The van der Waals surface area contributed by atoms with Gasteiger partial charge in [-0.1, -0.05) is 0 Å². The van der Waals surface area contributed by atoms with Crippen LogP contribution in [0.3, 0.4) is 0 Å². The first-order valence-electron chi connectivity index (χ1n) is 16.1. The normalized spacial score (nSPS) is 12.0. The van der Waals surface area contributed by atoms with Crippen LogP contribution in [0.5, 0.6) is 0 Å². The summed E-state index contributed by atoms with van der Waals surface area (Å²) in [6.45, 7) is 20.5. The lowest BCUT2D eigenvalue weighted by Crippen LogP contribution is -2.27. The average Bonchev–Trinajstić information content (AvgIpc) is 3.01. The highest BCUT2D eigenvalue weighted by Gasteiger charge is 2.13. The van der Waals surface area contributed by atoms with E-state index in [0.717, 1.165) is 0 Å². The zero-order valence-corrected chi connectivity index (χ0v) is 29.6. The maximum absolute atomic E-state index is 5.72. The van der Waals surface area contributed by atoms with Crippen LogP contribution in [-0.4, -0.2) is 187 Å². The molecule has 0 aromatic rings. The van der Waals surface area contributed by atoms with E-state index in [1.807, 2.05) is 0 Å². The van der Waals surface area contributed by atoms with Crippen molar-refractivity contribution in [1.29, 1.82) is 0 Å². The van der Waals surface area contributed by atoms with Crippen LogP contribution in [0, 0.1) is 0 Å². The Hall–Kier alpha value is -0.343. The summed E-state index contributed by atoms with van der Waals surface area (Å²) >= 11 is 0. The molecule has 0 aliphatic carbocycles. The third-order valence-corrected chi connectivity index (χ3v) is 6.36. The Balaban J connectivity index is 3.05. The molecule has 0 spiro atoms. The minimum absolute atomic E-state index is 0.512. The molecule has 0 bridgehead atoms. The van der Waals surface area contributed by atoms with E-state index < -0.39 is 8.32 Å². The largest absolute Gasteiger partial charge is 0.415 e. The van der Waals surface area contributed by atoms with Crippen LogP contribution in [0.2, 0.25) is 19.6 Å². The summed E-state index contributed by atoms with van der Waals surface area (Å²) in [6, 6.07) is 0. The first-order valence-corrected chi connectivity index (χ1v) is 19.5. The molecule has 45 heavy (non-hydrogen) atoms. The van der Waals surface area contributed by atoms with Gasteiger partial charge in [-0.3, -0.25) is 0 Å². The van der Waals surface area contributed by atoms with Crippen LogP contribution in [0.25, 0.3) is 0 Å². The Morgan fingerprint density at radius 2 is 0.400 bits per heavy atom. The van der Waals surface area contributed by atoms with E-state index in [4.69, 9.17) is 66.0 Å². The maximum atomic E-state index is 5.72. The number of hydrogen-bond acceptors (Lipinski definition) is 14. The number of rotatable bonds is 40. The fourth-order valence-corrected chi connectivity index (χ4v) is 3.77. The quantitative estimate of drug-likeness (QED) is 0.0690. The molecule has 0 radical (unpaired) electrons. The number of methoxy groups -OCH3 is 1. The Kier molecular flexibility index (Phi) is 37.8. The van der Waals surface area contributed by atoms with Crippen LogP contribution >= 0.6 is 0 Å². The SMILES string of the molecule is COCCOCCOCCOCCOCCOCCOCCOCCOCCOCCOCCOCCOCCO[Si](C)(C)C. The van der Waals surface area contributed by atoms with Gasteiger partial charge in [0.05, 0.1) is 172 Å². The van der Waals surface area contributed by atoms with Crippen molar-refractivity contribution in [3.05, 3.63) is 0 Å². The molecule has 14 nitrogen and oxygen atoms in total. The van der Waals surface area contributed by atoms with Crippen molar-refractivity contribution in [2.45, 2.75) is 19.6 Å². The van der Waals surface area contributed by atoms with Crippen molar-refractivity contribution in [1.82, 2.24) is 0 Å². The minimum atomic E-state index is -1.45. The lowest BCUT2D eigenvalue weighted by atomic mass is 10.6. The predicted molar refractivity (Wildman–Crippen MR) is 171 cm³/mol. The minimum Gasteiger partial charge on any atom is -0.415 e. The lowest BCUT2D eigenvalue weighted by Gasteiger charge is -2.16. The van der Waals surface area contributed by atoms with Gasteiger partial charge in [0.15, 0.2) is 8.32 Å². The highest BCUT2D eigenvalue weighted by Crippen LogP contribution is 2.01. The molecule has 0 saturated carbocycles. The van der Waals surface area contributed by atoms with Gasteiger partial charge in [0, 0.05) is 7.11 Å². The van der Waals surface area contributed by atoms with Crippen LogP contribution in [0.15, 0.2) is 0 Å². The molecule has 0 aromatic carbocycles. The smallest absolute Gasteiger partial charge is 0.183 e. The van der Waals surface area contributed by atoms with Crippen molar-refractivity contribution in [3.8, 4) is 0 Å². The van der Waals surface area contributed by atoms with Crippen LogP contribution < -0.4 is 0 Å². The first kappa shape index (κ1) is 44.7. The fourth-order valence-electron chi connectivity index (χ4n) is 3.07. The summed E-state index contributed by atoms with van der Waals surface area (Å²) in [5.74, 6) is 0. The highest BCUT2D eigenvalue weighted by molar-refractivity contribution is 6.69. The molecule has 0 aliphatic rings. The Morgan fingerprint density at radius 1 is 0.244 bits per heavy atom. The van der Waals surface area contributed by atoms with Gasteiger partial charge in [0.2, 0.25) is 0 Å². The van der Waals surface area contributed by atoms with Gasteiger partial charge < -0.3 is 66.0 Å². The molecule has 0 heterocycles. The number of hydrogen-bond donors (Lipinski definition) is 0. The van der Waals surface area contributed by atoms with E-state index in [1.54, 1.807) is 7.11 Å². The summed E-state index contributed by atoms with van der Waals surface area (Å²) in [6.07, 6.45) is 0. The summed E-state index contributed by atoms with van der Waals surface area (Å²) < 4.78 is 76.0. The van der Waals surface area contributed by atoms with Gasteiger partial charge in [-0.25, -0.2) is 0 Å². The van der Waals surface area contributed by atoms with Gasteiger partial charge in [-0.15, -0.1) is 0 Å². The molecule has 0 aliphatic heterocycles. The first-order chi connectivity index (χ1) is 22.1. The van der Waals surface area contributed by atoms with Gasteiger partial charge in [0.25, 0.3) is 0 Å². The monoisotopic (exact) mass is 676 g/mol. The van der Waals surface area contributed by atoms with E-state index in [9.17, 15) is 0 Å². The van der Waals surface area contributed by atoms with Crippen molar-refractivity contribution in [3.63, 3.8) is 0 Å². The third kappa shape index (κ3) is 43.7. The van der Waals surface area contributed by atoms with Crippen LogP contribution in [0.4, 0.5) is 0 Å². The Bertz CT molecular complexity index is 545. The van der Waals surface area contributed by atoms with Gasteiger partial charge in [0.1, 0.15) is 0 Å². The summed E-state index contributed by atoms with van der Waals surface area (Å²) in [7, 11) is 0.195. The van der Waals surface area contributed by atoms with Crippen molar-refractivity contribution < 1.29 is 66.0 Å². The van der Waals surface area contributed by atoms with Gasteiger partial charge >= 0.3 is 0 Å². The van der Waals surface area contributed by atoms with E-state index in [2.05, 4.69) is 19.6 Å². The maximum Gasteiger partial charge on any atom is 0.183 e. The molecule has 0 amide bonds. The Morgan fingerprint density at radius 3 is 0.556 bits per heavy atom. The highest BCUT2D eigenvalue weighted by atomic mass is 28.4. The second-order valence-corrected chi connectivity index (χ2v) is 14.8. The second-order valence-electron chi connectivity index (χ2n) is 10.3. The Labute approximate surface area is 272 Å². The van der Waals surface area contributed by atoms with Gasteiger partial charge in [-0.05, 0) is 19.6 Å². The third-order valence-electron chi connectivity index (χ3n) is 5.29. The molecule has 0 aromatic heterocycles. The molecule has 0 N–H and O–H groups in total. The summed E-state index contributed by atoms with van der Waals surface area (Å²) in [4.78, 5) is 0. The fraction of sp³-hybridized carbons (Fsp3) is 1.00. The molecule has 0 fully saturated rings. The van der Waals surface area contributed by atoms with E-state index in [0.29, 0.717) is 172 Å². The molecular weight excluding hydrogens is 612 g/mol. The number of ether oxygens (including phenoxy) is 13. The molecule has 0 saturated heterocycles. The van der Waals surface area contributed by atoms with E-state index in [1.165, 1.54) is 0 Å². The topological polar surface area (TPSA) is 129 Å². The zero-order valence-electron chi connectivity index (χ0n) is 28.6. The predicted octanol–water partition coefficient (Wildman–Crippen LogP) is 1.68. The summed E-state index contributed by atoms with van der Waals surface area (Å²) in [5.41, 5.74) is 0. The molecule has 272 valence electrons. The molecule has 15 heteroatoms. The molecule has 0 unspecified atom stereocenters. The van der Waals surface area contributed by atoms with E-state index >= 15 is 0 Å².